The Kier molecular flexibility index (Phi) is 7.47. The lowest BCUT2D eigenvalue weighted by Crippen LogP contribution is -2.43. The second-order valence-corrected chi connectivity index (χ2v) is 9.18. The van der Waals surface area contributed by atoms with E-state index >= 15 is 0 Å². The van der Waals surface area contributed by atoms with E-state index in [0.717, 1.165) is 0 Å². The summed E-state index contributed by atoms with van der Waals surface area (Å²) in [5.41, 5.74) is 0.493. The van der Waals surface area contributed by atoms with Crippen LogP contribution in [0.3, 0.4) is 0 Å². The number of benzene rings is 2. The van der Waals surface area contributed by atoms with Crippen LogP contribution >= 0.6 is 0 Å². The Morgan fingerprint density at radius 3 is 2.25 bits per heavy atom. The Labute approximate surface area is 188 Å². The summed E-state index contributed by atoms with van der Waals surface area (Å²) in [5, 5.41) is 2.85. The fourth-order valence-corrected chi connectivity index (χ4v) is 5.33. The summed E-state index contributed by atoms with van der Waals surface area (Å²) in [6.45, 7) is 0.380. The Morgan fingerprint density at radius 2 is 1.59 bits per heavy atom. The average molecular weight is 465 g/mol. The molecule has 1 atom stereocenters. The van der Waals surface area contributed by atoms with Crippen LogP contribution in [0.1, 0.15) is 12.8 Å². The van der Waals surface area contributed by atoms with Crippen molar-refractivity contribution in [3.8, 4) is 23.0 Å². The molecule has 3 rings (SSSR count). The minimum Gasteiger partial charge on any atom is -0.497 e. The predicted octanol–water partition coefficient (Wildman–Crippen LogP) is 2.76. The third-order valence-electron chi connectivity index (χ3n) is 5.41. The summed E-state index contributed by atoms with van der Waals surface area (Å²) < 4.78 is 49.0. The molecule has 0 saturated carbocycles. The molecule has 0 aliphatic carbocycles. The van der Waals surface area contributed by atoms with Crippen LogP contribution in [0.15, 0.2) is 41.3 Å². The number of anilines is 1. The summed E-state index contributed by atoms with van der Waals surface area (Å²) in [4.78, 5) is 13.0. The number of methoxy groups -OCH3 is 4. The van der Waals surface area contributed by atoms with Gasteiger partial charge in [-0.3, -0.25) is 4.79 Å². The number of nitrogens with zero attached hydrogens (tertiary/aromatic N) is 1. The van der Waals surface area contributed by atoms with Crippen molar-refractivity contribution in [2.75, 3.05) is 46.8 Å². The highest BCUT2D eigenvalue weighted by Gasteiger charge is 2.35. The SMILES string of the molecule is COc1ccc(NC(=O)[C@@H]2CCCN(S(=O)(=O)c3cc(OC)ccc3OC)C2)c(OC)c1. The number of hydrogen-bond donors (Lipinski definition) is 1. The highest BCUT2D eigenvalue weighted by atomic mass is 32.2. The first kappa shape index (κ1) is 23.7. The minimum atomic E-state index is -3.89. The van der Waals surface area contributed by atoms with Crippen molar-refractivity contribution in [2.45, 2.75) is 17.7 Å². The molecule has 32 heavy (non-hydrogen) atoms. The molecule has 1 aliphatic heterocycles. The maximum absolute atomic E-state index is 13.4. The summed E-state index contributed by atoms with van der Waals surface area (Å²) in [6.07, 6.45) is 1.13. The van der Waals surface area contributed by atoms with Crippen LogP contribution in [0.2, 0.25) is 0 Å². The number of carbonyl (C=O) groups is 1. The van der Waals surface area contributed by atoms with E-state index in [0.29, 0.717) is 42.3 Å². The first-order valence-corrected chi connectivity index (χ1v) is 11.5. The van der Waals surface area contributed by atoms with Gasteiger partial charge >= 0.3 is 0 Å². The van der Waals surface area contributed by atoms with E-state index in [2.05, 4.69) is 5.32 Å². The van der Waals surface area contributed by atoms with Gasteiger partial charge in [0.25, 0.3) is 0 Å². The molecule has 1 fully saturated rings. The van der Waals surface area contributed by atoms with Crippen LogP contribution in [0.25, 0.3) is 0 Å². The smallest absolute Gasteiger partial charge is 0.246 e. The van der Waals surface area contributed by atoms with Crippen LogP contribution in [0.5, 0.6) is 23.0 Å². The van der Waals surface area contributed by atoms with Crippen molar-refractivity contribution in [3.63, 3.8) is 0 Å². The third kappa shape index (κ3) is 4.91. The number of rotatable bonds is 8. The van der Waals surface area contributed by atoms with Gasteiger partial charge in [-0.15, -0.1) is 0 Å². The van der Waals surface area contributed by atoms with E-state index in [4.69, 9.17) is 18.9 Å². The molecular formula is C22H28N2O7S. The average Bonchev–Trinajstić information content (AvgIpc) is 2.83. The zero-order chi connectivity index (χ0) is 23.3. The third-order valence-corrected chi connectivity index (χ3v) is 7.30. The van der Waals surface area contributed by atoms with Crippen LogP contribution in [0, 0.1) is 5.92 Å². The second kappa shape index (κ2) is 10.1. The molecule has 0 spiro atoms. The Balaban J connectivity index is 1.80. The highest BCUT2D eigenvalue weighted by molar-refractivity contribution is 7.89. The number of piperidine rings is 1. The second-order valence-electron chi connectivity index (χ2n) is 7.27. The van der Waals surface area contributed by atoms with Crippen LogP contribution in [-0.4, -0.2) is 60.2 Å². The Hall–Kier alpha value is -2.98. The van der Waals surface area contributed by atoms with Gasteiger partial charge in [0.2, 0.25) is 15.9 Å². The lowest BCUT2D eigenvalue weighted by Gasteiger charge is -2.31. The lowest BCUT2D eigenvalue weighted by atomic mass is 9.98. The van der Waals surface area contributed by atoms with E-state index in [1.165, 1.54) is 31.7 Å². The van der Waals surface area contributed by atoms with Crippen molar-refractivity contribution < 1.29 is 32.2 Å². The molecule has 2 aromatic rings. The van der Waals surface area contributed by atoms with Crippen LogP contribution < -0.4 is 24.3 Å². The molecule has 1 saturated heterocycles. The van der Waals surface area contributed by atoms with Crippen molar-refractivity contribution in [3.05, 3.63) is 36.4 Å². The van der Waals surface area contributed by atoms with Crippen molar-refractivity contribution >= 4 is 21.6 Å². The standard InChI is InChI=1S/C22H28N2O7S/c1-28-16-7-9-18(20(12-16)31-4)23-22(25)15-6-5-11-24(14-15)32(26,27)21-13-17(29-2)8-10-19(21)30-3/h7-10,12-13,15H,5-6,11,14H2,1-4H3,(H,23,25)/t15-/m1/s1. The monoisotopic (exact) mass is 464 g/mol. The van der Waals surface area contributed by atoms with Gasteiger partial charge in [0.15, 0.2) is 0 Å². The zero-order valence-corrected chi connectivity index (χ0v) is 19.4. The normalized spacial score (nSPS) is 16.8. The summed E-state index contributed by atoms with van der Waals surface area (Å²) >= 11 is 0. The number of hydrogen-bond acceptors (Lipinski definition) is 7. The highest BCUT2D eigenvalue weighted by Crippen LogP contribution is 2.34. The molecule has 1 amide bonds. The minimum absolute atomic E-state index is 0.0113. The van der Waals surface area contributed by atoms with E-state index in [9.17, 15) is 13.2 Å². The Morgan fingerprint density at radius 1 is 0.938 bits per heavy atom. The summed E-state index contributed by atoms with van der Waals surface area (Å²) in [7, 11) is 2.03. The fraction of sp³-hybridized carbons (Fsp3) is 0.409. The molecular weight excluding hydrogens is 436 g/mol. The van der Waals surface area contributed by atoms with Gasteiger partial charge in [-0.25, -0.2) is 8.42 Å². The molecule has 10 heteroatoms. The summed E-state index contributed by atoms with van der Waals surface area (Å²) in [6, 6.07) is 9.68. The van der Waals surface area contributed by atoms with Gasteiger partial charge in [-0.05, 0) is 37.1 Å². The molecule has 1 N–H and O–H groups in total. The molecule has 0 bridgehead atoms. The van der Waals surface area contributed by atoms with E-state index < -0.39 is 15.9 Å². The molecule has 1 aliphatic rings. The first-order valence-electron chi connectivity index (χ1n) is 10.1. The molecule has 0 radical (unpaired) electrons. The molecule has 1 heterocycles. The Bertz CT molecular complexity index is 1070. The van der Waals surface area contributed by atoms with Gasteiger partial charge in [-0.2, -0.15) is 4.31 Å². The topological polar surface area (TPSA) is 103 Å². The number of ether oxygens (including phenoxy) is 4. The van der Waals surface area contributed by atoms with Crippen molar-refractivity contribution in [2.24, 2.45) is 5.92 Å². The van der Waals surface area contributed by atoms with E-state index in [1.807, 2.05) is 0 Å². The number of sulfonamides is 1. The maximum Gasteiger partial charge on any atom is 0.246 e. The number of nitrogens with one attached hydrogen (secondary N) is 1. The number of carbonyl (C=O) groups excluding carboxylic acids is 1. The molecule has 0 aromatic heterocycles. The molecule has 2 aromatic carbocycles. The fourth-order valence-electron chi connectivity index (χ4n) is 3.64. The van der Waals surface area contributed by atoms with Crippen molar-refractivity contribution in [1.29, 1.82) is 0 Å². The lowest BCUT2D eigenvalue weighted by molar-refractivity contribution is -0.120. The van der Waals surface area contributed by atoms with Gasteiger partial charge < -0.3 is 24.3 Å². The number of amides is 1. The van der Waals surface area contributed by atoms with Crippen LogP contribution in [-0.2, 0) is 14.8 Å². The van der Waals surface area contributed by atoms with E-state index in [1.54, 1.807) is 37.4 Å². The van der Waals surface area contributed by atoms with Crippen molar-refractivity contribution in [1.82, 2.24) is 4.31 Å². The first-order chi connectivity index (χ1) is 15.3. The molecule has 174 valence electrons. The van der Waals surface area contributed by atoms with Gasteiger partial charge in [0, 0.05) is 25.2 Å². The zero-order valence-electron chi connectivity index (χ0n) is 18.6. The van der Waals surface area contributed by atoms with Gasteiger partial charge in [-0.1, -0.05) is 0 Å². The summed E-state index contributed by atoms with van der Waals surface area (Å²) in [5.74, 6) is 0.900. The van der Waals surface area contributed by atoms with Gasteiger partial charge in [0.05, 0.1) is 40.0 Å². The van der Waals surface area contributed by atoms with Gasteiger partial charge in [0.1, 0.15) is 27.9 Å². The molecule has 9 nitrogen and oxygen atoms in total. The quantitative estimate of drug-likeness (QED) is 0.641. The maximum atomic E-state index is 13.4. The molecule has 0 unspecified atom stereocenters. The van der Waals surface area contributed by atoms with Crippen LogP contribution in [0.4, 0.5) is 5.69 Å². The van der Waals surface area contributed by atoms with E-state index in [-0.39, 0.29) is 23.1 Å². The predicted molar refractivity (Wildman–Crippen MR) is 119 cm³/mol. The largest absolute Gasteiger partial charge is 0.497 e.